The van der Waals surface area contributed by atoms with E-state index in [4.69, 9.17) is 9.47 Å². The molecule has 1 N–H and O–H groups in total. The average molecular weight is 377 g/mol. The molecule has 0 radical (unpaired) electrons. The summed E-state index contributed by atoms with van der Waals surface area (Å²) in [6.45, 7) is 3.61. The normalized spacial score (nSPS) is 12.3. The summed E-state index contributed by atoms with van der Waals surface area (Å²) in [5.74, 6) is 1.41. The fraction of sp³-hybridized carbons (Fsp3) is 0.333. The molecule has 0 bridgehead atoms. The summed E-state index contributed by atoms with van der Waals surface area (Å²) in [4.78, 5) is 7.58. The molecular weight excluding hydrogens is 354 g/mol. The minimum absolute atomic E-state index is 0.0932. The summed E-state index contributed by atoms with van der Waals surface area (Å²) >= 11 is 0. The number of thiol groups is 1. The lowest BCUT2D eigenvalue weighted by molar-refractivity contribution is -0.613. The molecular formula is C18H23N3O4S. The highest BCUT2D eigenvalue weighted by Gasteiger charge is 2.26. The van der Waals surface area contributed by atoms with Crippen molar-refractivity contribution >= 4 is 21.0 Å². The van der Waals surface area contributed by atoms with E-state index >= 15 is 0 Å². The van der Waals surface area contributed by atoms with Crippen LogP contribution >= 0.6 is 0 Å². The molecule has 0 saturated heterocycles. The Bertz CT molecular complexity index is 1030. The lowest BCUT2D eigenvalue weighted by Gasteiger charge is -2.18. The molecule has 140 valence electrons. The number of aromatic nitrogens is 3. The molecule has 0 aliphatic rings. The van der Waals surface area contributed by atoms with Crippen molar-refractivity contribution in [2.45, 2.75) is 24.8 Å². The van der Waals surface area contributed by atoms with Crippen molar-refractivity contribution in [3.05, 3.63) is 46.4 Å². The van der Waals surface area contributed by atoms with Gasteiger partial charge in [-0.2, -0.15) is 4.73 Å². The number of nitrogens with zero attached hydrogens (tertiary/aromatic N) is 2. The molecule has 8 heteroatoms. The van der Waals surface area contributed by atoms with Crippen molar-refractivity contribution in [3.63, 3.8) is 0 Å². The number of aryl methyl sites for hydroxylation is 1. The molecule has 0 aliphatic heterocycles. The minimum Gasteiger partial charge on any atom is -0.618 e. The van der Waals surface area contributed by atoms with Crippen LogP contribution in [-0.4, -0.2) is 34.7 Å². The number of aromatic amines is 1. The maximum absolute atomic E-state index is 13.4. The molecule has 7 nitrogen and oxygen atoms in total. The fourth-order valence-corrected chi connectivity index (χ4v) is 4.86. The number of pyridine rings is 1. The Morgan fingerprint density at radius 1 is 1.27 bits per heavy atom. The number of imidazole rings is 1. The van der Waals surface area contributed by atoms with Crippen LogP contribution in [0, 0.1) is 19.1 Å². The van der Waals surface area contributed by atoms with Crippen molar-refractivity contribution < 1.29 is 18.4 Å². The molecule has 3 aromatic rings. The van der Waals surface area contributed by atoms with Gasteiger partial charge < -0.3 is 19.7 Å². The SMILES string of the molecule is COc1ccc2[nH]c([SH](C)(=O)Cc3c(C)c(OC)c(C)c[n+]3[O-])nc2c1. The standard InChI is InChI=1S/C18H23N3O4S/c1-11-9-21(22)16(12(2)17(11)25-4)10-26(5,23)18-19-14-7-6-13(24-3)8-15(14)20-18/h6-9,26H,10H2,1-5H3,(H,19,20). The van der Waals surface area contributed by atoms with Gasteiger partial charge in [-0.05, 0) is 42.2 Å². The van der Waals surface area contributed by atoms with Crippen LogP contribution in [-0.2, 0) is 15.7 Å². The first-order valence-electron chi connectivity index (χ1n) is 8.14. The van der Waals surface area contributed by atoms with Crippen LogP contribution in [0.4, 0.5) is 0 Å². The smallest absolute Gasteiger partial charge is 0.210 e. The van der Waals surface area contributed by atoms with E-state index in [0.717, 1.165) is 15.8 Å². The number of rotatable bonds is 5. The van der Waals surface area contributed by atoms with E-state index in [2.05, 4.69) is 9.97 Å². The van der Waals surface area contributed by atoms with Gasteiger partial charge in [0.25, 0.3) is 0 Å². The number of ether oxygens (including phenoxy) is 2. The minimum atomic E-state index is -2.95. The molecule has 0 unspecified atom stereocenters. The molecule has 0 aliphatic carbocycles. The van der Waals surface area contributed by atoms with Crippen LogP contribution in [0.1, 0.15) is 16.8 Å². The summed E-state index contributed by atoms with van der Waals surface area (Å²) in [7, 11) is 0.199. The van der Waals surface area contributed by atoms with E-state index < -0.39 is 9.93 Å². The Labute approximate surface area is 153 Å². The molecule has 0 amide bonds. The third-order valence-electron chi connectivity index (χ3n) is 4.49. The largest absolute Gasteiger partial charge is 0.618 e. The zero-order chi connectivity index (χ0) is 19.1. The second-order valence-electron chi connectivity index (χ2n) is 6.45. The first-order valence-corrected chi connectivity index (χ1v) is 10.5. The maximum Gasteiger partial charge on any atom is 0.210 e. The third kappa shape index (κ3) is 3.12. The molecule has 2 aromatic heterocycles. The van der Waals surface area contributed by atoms with Crippen molar-refractivity contribution in [2.24, 2.45) is 0 Å². The molecule has 0 atom stereocenters. The van der Waals surface area contributed by atoms with Gasteiger partial charge in [-0.3, -0.25) is 4.21 Å². The zero-order valence-corrected chi connectivity index (χ0v) is 16.4. The van der Waals surface area contributed by atoms with Gasteiger partial charge in [-0.15, -0.1) is 0 Å². The molecule has 0 fully saturated rings. The van der Waals surface area contributed by atoms with Gasteiger partial charge in [0.2, 0.25) is 5.69 Å². The van der Waals surface area contributed by atoms with E-state index in [1.54, 1.807) is 33.5 Å². The highest BCUT2D eigenvalue weighted by atomic mass is 32.2. The summed E-state index contributed by atoms with van der Waals surface area (Å²) in [6.07, 6.45) is 3.08. The maximum atomic E-state index is 13.4. The highest BCUT2D eigenvalue weighted by Crippen LogP contribution is 2.28. The Hall–Kier alpha value is -2.61. The lowest BCUT2D eigenvalue weighted by atomic mass is 10.1. The Morgan fingerprint density at radius 2 is 2.00 bits per heavy atom. The number of hydrogen-bond acceptors (Lipinski definition) is 5. The van der Waals surface area contributed by atoms with Crippen molar-refractivity contribution in [3.8, 4) is 11.5 Å². The van der Waals surface area contributed by atoms with Crippen LogP contribution in [0.3, 0.4) is 0 Å². The van der Waals surface area contributed by atoms with Crippen LogP contribution < -0.4 is 14.2 Å². The van der Waals surface area contributed by atoms with Crippen molar-refractivity contribution in [2.75, 3.05) is 20.5 Å². The number of hydrogen-bond donors (Lipinski definition) is 2. The molecule has 2 heterocycles. The lowest BCUT2D eigenvalue weighted by Crippen LogP contribution is -2.36. The van der Waals surface area contributed by atoms with E-state index in [-0.39, 0.29) is 5.75 Å². The molecule has 0 spiro atoms. The predicted octanol–water partition coefficient (Wildman–Crippen LogP) is 2.04. The van der Waals surface area contributed by atoms with Crippen LogP contribution in [0.25, 0.3) is 11.0 Å². The van der Waals surface area contributed by atoms with Crippen molar-refractivity contribution in [1.82, 2.24) is 9.97 Å². The fourth-order valence-electron chi connectivity index (χ4n) is 3.09. The topological polar surface area (TPSA) is 91.2 Å². The first-order chi connectivity index (χ1) is 12.3. The van der Waals surface area contributed by atoms with Gasteiger partial charge in [0, 0.05) is 6.07 Å². The van der Waals surface area contributed by atoms with Gasteiger partial charge in [-0.25, -0.2) is 4.98 Å². The van der Waals surface area contributed by atoms with Gasteiger partial charge in [0.15, 0.2) is 11.4 Å². The second kappa shape index (κ2) is 6.60. The van der Waals surface area contributed by atoms with E-state index in [9.17, 15) is 9.42 Å². The summed E-state index contributed by atoms with van der Waals surface area (Å²) < 4.78 is 24.7. The third-order valence-corrected chi connectivity index (χ3v) is 6.50. The van der Waals surface area contributed by atoms with E-state index in [0.29, 0.717) is 33.4 Å². The summed E-state index contributed by atoms with van der Waals surface area (Å²) in [5.41, 5.74) is 3.31. The number of fused-ring (bicyclic) bond motifs is 1. The number of H-pyrrole nitrogens is 1. The van der Waals surface area contributed by atoms with Crippen LogP contribution in [0.5, 0.6) is 11.5 Å². The monoisotopic (exact) mass is 377 g/mol. The van der Waals surface area contributed by atoms with Gasteiger partial charge in [-0.1, -0.05) is 0 Å². The van der Waals surface area contributed by atoms with E-state index in [1.807, 2.05) is 19.1 Å². The van der Waals surface area contributed by atoms with E-state index in [1.165, 1.54) is 6.20 Å². The predicted molar refractivity (Wildman–Crippen MR) is 102 cm³/mol. The van der Waals surface area contributed by atoms with Crippen molar-refractivity contribution in [1.29, 1.82) is 0 Å². The van der Waals surface area contributed by atoms with Gasteiger partial charge in [0.05, 0.1) is 42.1 Å². The molecule has 26 heavy (non-hydrogen) atoms. The first kappa shape index (κ1) is 18.2. The molecule has 3 rings (SSSR count). The van der Waals surface area contributed by atoms with Crippen LogP contribution in [0.2, 0.25) is 0 Å². The second-order valence-corrected chi connectivity index (χ2v) is 9.39. The number of nitrogens with one attached hydrogen (secondary N) is 1. The van der Waals surface area contributed by atoms with Gasteiger partial charge in [0.1, 0.15) is 11.5 Å². The van der Waals surface area contributed by atoms with Crippen LogP contribution in [0.15, 0.2) is 29.6 Å². The number of benzene rings is 1. The Kier molecular flexibility index (Phi) is 4.62. The average Bonchev–Trinajstić information content (AvgIpc) is 3.03. The highest BCUT2D eigenvalue weighted by molar-refractivity contribution is 8.01. The quantitative estimate of drug-likeness (QED) is 0.403. The summed E-state index contributed by atoms with van der Waals surface area (Å²) in [6, 6.07) is 5.42. The Morgan fingerprint density at radius 3 is 2.65 bits per heavy atom. The zero-order valence-electron chi connectivity index (χ0n) is 15.5. The summed E-state index contributed by atoms with van der Waals surface area (Å²) in [5, 5.41) is 12.8. The van der Waals surface area contributed by atoms with Gasteiger partial charge >= 0.3 is 0 Å². The molecule has 1 aromatic carbocycles. The Balaban J connectivity index is 2.03. The molecule has 0 saturated carbocycles. The number of methoxy groups -OCH3 is 2.